The molecule has 3 N–H and O–H groups in total. The highest BCUT2D eigenvalue weighted by Crippen LogP contribution is 2.69. The molecule has 5 nitrogen and oxygen atoms in total. The highest BCUT2D eigenvalue weighted by molar-refractivity contribution is 5.66. The molecule has 0 radical (unpaired) electrons. The van der Waals surface area contributed by atoms with E-state index in [2.05, 4.69) is 41.5 Å². The van der Waals surface area contributed by atoms with E-state index in [1.54, 1.807) is 0 Å². The summed E-state index contributed by atoms with van der Waals surface area (Å²) in [5, 5.41) is 32.6. The number of rotatable bonds is 8. The van der Waals surface area contributed by atoms with Gasteiger partial charge in [-0.25, -0.2) is 0 Å². The minimum atomic E-state index is -0.735. The van der Waals surface area contributed by atoms with Crippen molar-refractivity contribution in [3.05, 3.63) is 0 Å². The van der Waals surface area contributed by atoms with Crippen LogP contribution in [-0.2, 0) is 9.53 Å². The van der Waals surface area contributed by atoms with E-state index in [0.717, 1.165) is 51.6 Å². The predicted octanol–water partition coefficient (Wildman–Crippen LogP) is 5.91. The predicted molar refractivity (Wildman–Crippen MR) is 138 cm³/mol. The van der Waals surface area contributed by atoms with Crippen LogP contribution in [-0.4, -0.2) is 45.7 Å². The average molecular weight is 493 g/mol. The van der Waals surface area contributed by atoms with E-state index in [9.17, 15) is 20.1 Å². The zero-order chi connectivity index (χ0) is 25.8. The molecule has 4 aliphatic rings. The van der Waals surface area contributed by atoms with Gasteiger partial charge in [-0.15, -0.1) is 0 Å². The lowest BCUT2D eigenvalue weighted by atomic mass is 9.42. The lowest BCUT2D eigenvalue weighted by Gasteiger charge is -2.64. The molecular formula is C30H52O5. The molecule has 35 heavy (non-hydrogen) atoms. The molecule has 0 aliphatic heterocycles. The van der Waals surface area contributed by atoms with Crippen LogP contribution in [0.2, 0.25) is 0 Å². The second kappa shape index (κ2) is 9.91. The maximum Gasteiger partial charge on any atom is 0.303 e. The second-order valence-corrected chi connectivity index (χ2v) is 13.6. The van der Waals surface area contributed by atoms with Gasteiger partial charge in [0.25, 0.3) is 0 Å². The van der Waals surface area contributed by atoms with Crippen molar-refractivity contribution in [2.75, 3.05) is 6.61 Å². The van der Waals surface area contributed by atoms with E-state index in [1.165, 1.54) is 6.42 Å². The lowest BCUT2D eigenvalue weighted by molar-refractivity contribution is -0.212. The van der Waals surface area contributed by atoms with Crippen LogP contribution in [0.5, 0.6) is 0 Å². The Balaban J connectivity index is 1.56. The third-order valence-electron chi connectivity index (χ3n) is 12.4. The SMILES string of the molecule is CCOC(C)(CC)C1CCC2(C)C(CC(O)C3C2CC(O)C2(C)C(C(C)CCC(=O)O)CCC32)C1. The van der Waals surface area contributed by atoms with Gasteiger partial charge in [0, 0.05) is 13.0 Å². The highest BCUT2D eigenvalue weighted by atomic mass is 16.5. The Morgan fingerprint density at radius 1 is 1.09 bits per heavy atom. The summed E-state index contributed by atoms with van der Waals surface area (Å²) in [6.45, 7) is 14.3. The Bertz CT molecular complexity index is 770. The molecule has 0 spiro atoms. The minimum absolute atomic E-state index is 0.0900. The molecule has 0 saturated heterocycles. The number of carbonyl (C=O) groups is 1. The van der Waals surface area contributed by atoms with Crippen molar-refractivity contribution in [1.82, 2.24) is 0 Å². The largest absolute Gasteiger partial charge is 0.481 e. The van der Waals surface area contributed by atoms with Gasteiger partial charge in [0.15, 0.2) is 0 Å². The Kier molecular flexibility index (Phi) is 7.75. The van der Waals surface area contributed by atoms with E-state index in [1.807, 2.05) is 0 Å². The number of hydrogen-bond donors (Lipinski definition) is 3. The topological polar surface area (TPSA) is 87.0 Å². The summed E-state index contributed by atoms with van der Waals surface area (Å²) in [6.07, 6.45) is 8.41. The number of aliphatic carboxylic acids is 1. The van der Waals surface area contributed by atoms with E-state index in [4.69, 9.17) is 4.74 Å². The molecule has 12 atom stereocenters. The first-order valence-corrected chi connectivity index (χ1v) is 14.6. The number of carboxylic acids is 1. The molecule has 0 aromatic carbocycles. The third kappa shape index (κ3) is 4.40. The van der Waals surface area contributed by atoms with Crippen molar-refractivity contribution in [3.8, 4) is 0 Å². The van der Waals surface area contributed by atoms with Gasteiger partial charge in [0.05, 0.1) is 17.8 Å². The maximum absolute atomic E-state index is 11.7. The van der Waals surface area contributed by atoms with Crippen LogP contribution in [0.3, 0.4) is 0 Å². The van der Waals surface area contributed by atoms with Crippen LogP contribution in [0.15, 0.2) is 0 Å². The van der Waals surface area contributed by atoms with Gasteiger partial charge in [-0.1, -0.05) is 27.7 Å². The molecule has 4 fully saturated rings. The second-order valence-electron chi connectivity index (χ2n) is 13.6. The number of ether oxygens (including phenoxy) is 1. The van der Waals surface area contributed by atoms with Crippen molar-refractivity contribution in [2.45, 2.75) is 124 Å². The van der Waals surface area contributed by atoms with Crippen LogP contribution in [0.4, 0.5) is 0 Å². The van der Waals surface area contributed by atoms with E-state index in [-0.39, 0.29) is 46.9 Å². The van der Waals surface area contributed by atoms with Crippen molar-refractivity contribution >= 4 is 5.97 Å². The smallest absolute Gasteiger partial charge is 0.303 e. The minimum Gasteiger partial charge on any atom is -0.481 e. The van der Waals surface area contributed by atoms with Crippen molar-refractivity contribution in [3.63, 3.8) is 0 Å². The summed E-state index contributed by atoms with van der Waals surface area (Å²) in [5.74, 6) is 1.81. The molecule has 202 valence electrons. The van der Waals surface area contributed by atoms with Gasteiger partial charge >= 0.3 is 5.97 Å². The number of fused-ring (bicyclic) bond motifs is 5. The lowest BCUT2D eigenvalue weighted by Crippen LogP contribution is -2.62. The first-order valence-electron chi connectivity index (χ1n) is 14.6. The fourth-order valence-corrected chi connectivity index (χ4v) is 10.1. The molecule has 0 amide bonds. The van der Waals surface area contributed by atoms with E-state index >= 15 is 0 Å². The van der Waals surface area contributed by atoms with Gasteiger partial charge in [-0.3, -0.25) is 4.79 Å². The Morgan fingerprint density at radius 2 is 1.80 bits per heavy atom. The third-order valence-corrected chi connectivity index (χ3v) is 12.4. The summed E-state index contributed by atoms with van der Waals surface area (Å²) in [7, 11) is 0. The normalized spacial score (nSPS) is 47.8. The summed E-state index contributed by atoms with van der Waals surface area (Å²) >= 11 is 0. The first kappa shape index (κ1) is 27.4. The van der Waals surface area contributed by atoms with Crippen LogP contribution in [0, 0.1) is 52.3 Å². The van der Waals surface area contributed by atoms with Crippen molar-refractivity contribution in [2.24, 2.45) is 52.3 Å². The standard InChI is InChI=1S/C30H52O5/c1-7-29(5,35-8-2)19-13-14-28(4)20(15-19)16-24(31)27-22-11-10-21(18(3)9-12-26(33)34)30(22,6)25(32)17-23(27)28/h18-25,27,31-32H,7-17H2,1-6H3,(H,33,34). The molecule has 4 aliphatic carbocycles. The Hall–Kier alpha value is -0.650. The summed E-state index contributed by atoms with van der Waals surface area (Å²) in [4.78, 5) is 11.2. The molecular weight excluding hydrogens is 440 g/mol. The molecule has 12 unspecified atom stereocenters. The zero-order valence-electron chi connectivity index (χ0n) is 23.1. The number of hydrogen-bond acceptors (Lipinski definition) is 4. The van der Waals surface area contributed by atoms with E-state index < -0.39 is 5.97 Å². The van der Waals surface area contributed by atoms with Crippen LogP contribution < -0.4 is 0 Å². The number of carboxylic acid groups (broad SMARTS) is 1. The molecule has 4 saturated carbocycles. The first-order chi connectivity index (χ1) is 16.4. The molecule has 0 aromatic heterocycles. The summed E-state index contributed by atoms with van der Waals surface area (Å²) in [5.41, 5.74) is -0.153. The molecule has 0 heterocycles. The fraction of sp³-hybridized carbons (Fsp3) is 0.967. The van der Waals surface area contributed by atoms with Gasteiger partial charge < -0.3 is 20.1 Å². The van der Waals surface area contributed by atoms with Crippen LogP contribution >= 0.6 is 0 Å². The maximum atomic E-state index is 11.7. The highest BCUT2D eigenvalue weighted by Gasteiger charge is 2.66. The van der Waals surface area contributed by atoms with Crippen LogP contribution in [0.1, 0.15) is 106 Å². The average Bonchev–Trinajstić information content (AvgIpc) is 3.17. The molecule has 0 bridgehead atoms. The monoisotopic (exact) mass is 492 g/mol. The quantitative estimate of drug-likeness (QED) is 0.392. The molecule has 5 heteroatoms. The van der Waals surface area contributed by atoms with Gasteiger partial charge in [-0.05, 0) is 124 Å². The number of aliphatic hydroxyl groups is 2. The molecule has 4 rings (SSSR count). The zero-order valence-corrected chi connectivity index (χ0v) is 23.1. The van der Waals surface area contributed by atoms with E-state index in [0.29, 0.717) is 36.0 Å². The van der Waals surface area contributed by atoms with Gasteiger partial charge in [0.2, 0.25) is 0 Å². The number of aliphatic hydroxyl groups excluding tert-OH is 2. The summed E-state index contributed by atoms with van der Waals surface area (Å²) < 4.78 is 6.28. The fourth-order valence-electron chi connectivity index (χ4n) is 10.1. The van der Waals surface area contributed by atoms with Gasteiger partial charge in [-0.2, -0.15) is 0 Å². The van der Waals surface area contributed by atoms with Crippen molar-refractivity contribution in [1.29, 1.82) is 0 Å². The van der Waals surface area contributed by atoms with Crippen LogP contribution in [0.25, 0.3) is 0 Å². The Labute approximate surface area is 213 Å². The Morgan fingerprint density at radius 3 is 2.43 bits per heavy atom. The van der Waals surface area contributed by atoms with Crippen molar-refractivity contribution < 1.29 is 24.9 Å². The summed E-state index contributed by atoms with van der Waals surface area (Å²) in [6, 6.07) is 0. The van der Waals surface area contributed by atoms with Gasteiger partial charge in [0.1, 0.15) is 0 Å². The molecule has 0 aromatic rings.